The fraction of sp³-hybridized carbons (Fsp3) is 0.235. The molecule has 2 aromatic rings. The van der Waals surface area contributed by atoms with Gasteiger partial charge in [-0.1, -0.05) is 18.5 Å². The number of nitrogens with zero attached hydrogens (tertiary/aromatic N) is 2. The van der Waals surface area contributed by atoms with Gasteiger partial charge in [0.1, 0.15) is 6.17 Å². The van der Waals surface area contributed by atoms with E-state index in [0.717, 1.165) is 0 Å². The molecule has 3 rings (SSSR count). The third-order valence-electron chi connectivity index (χ3n) is 3.89. The van der Waals surface area contributed by atoms with E-state index < -0.39 is 6.17 Å². The average Bonchev–Trinajstić information content (AvgIpc) is 2.83. The van der Waals surface area contributed by atoms with E-state index in [1.165, 1.54) is 0 Å². The zero-order valence-corrected chi connectivity index (χ0v) is 13.8. The standard InChI is InChI=1S/C17H17ClN4O2/c1-11-10-15(21-17(24)20-13-6-8-19-9-7-13)22(16(11)23)14-4-2-12(18)3-5-14/h2-9,11,15H,10H2,1H3,(H2,19,20,21,24)/t11-,15+/m0/s1. The SMILES string of the molecule is C[C@H]1C[C@H](NC(=O)Nc2ccncc2)N(c2ccc(Cl)cc2)C1=O. The number of rotatable bonds is 3. The Balaban J connectivity index is 1.74. The molecule has 3 amide bonds. The summed E-state index contributed by atoms with van der Waals surface area (Å²) in [6.45, 7) is 1.85. The van der Waals surface area contributed by atoms with E-state index in [1.54, 1.807) is 53.7 Å². The summed E-state index contributed by atoms with van der Waals surface area (Å²) in [5.41, 5.74) is 1.35. The number of carbonyl (C=O) groups is 2. The Labute approximate surface area is 144 Å². The summed E-state index contributed by atoms with van der Waals surface area (Å²) >= 11 is 5.91. The fourth-order valence-electron chi connectivity index (χ4n) is 2.72. The van der Waals surface area contributed by atoms with Crippen LogP contribution >= 0.6 is 11.6 Å². The molecule has 0 aliphatic carbocycles. The van der Waals surface area contributed by atoms with Crippen LogP contribution in [0, 0.1) is 5.92 Å². The van der Waals surface area contributed by atoms with Gasteiger partial charge in [-0.3, -0.25) is 14.7 Å². The highest BCUT2D eigenvalue weighted by atomic mass is 35.5. The predicted octanol–water partition coefficient (Wildman–Crippen LogP) is 3.26. The first-order chi connectivity index (χ1) is 11.5. The quantitative estimate of drug-likeness (QED) is 0.897. The number of urea groups is 1. The Hall–Kier alpha value is -2.60. The van der Waals surface area contributed by atoms with Crippen LogP contribution < -0.4 is 15.5 Å². The second-order valence-corrected chi connectivity index (χ2v) is 6.11. The molecular formula is C17H17ClN4O2. The number of benzene rings is 1. The van der Waals surface area contributed by atoms with E-state index in [1.807, 2.05) is 6.92 Å². The van der Waals surface area contributed by atoms with E-state index in [9.17, 15) is 9.59 Å². The van der Waals surface area contributed by atoms with Crippen molar-refractivity contribution in [3.8, 4) is 0 Å². The van der Waals surface area contributed by atoms with Crippen molar-refractivity contribution >= 4 is 34.9 Å². The van der Waals surface area contributed by atoms with Gasteiger partial charge in [-0.15, -0.1) is 0 Å². The van der Waals surface area contributed by atoms with Crippen LogP contribution in [0.25, 0.3) is 0 Å². The Morgan fingerprint density at radius 2 is 1.88 bits per heavy atom. The van der Waals surface area contributed by atoms with Gasteiger partial charge in [0.2, 0.25) is 5.91 Å². The maximum absolute atomic E-state index is 12.5. The smallest absolute Gasteiger partial charge is 0.317 e. The number of aromatic nitrogens is 1. The van der Waals surface area contributed by atoms with Crippen LogP contribution in [-0.4, -0.2) is 23.1 Å². The minimum Gasteiger partial charge on any atom is -0.317 e. The Morgan fingerprint density at radius 3 is 2.54 bits per heavy atom. The highest BCUT2D eigenvalue weighted by Crippen LogP contribution is 2.29. The third kappa shape index (κ3) is 3.49. The van der Waals surface area contributed by atoms with E-state index >= 15 is 0 Å². The molecule has 0 spiro atoms. The van der Waals surface area contributed by atoms with Crippen molar-refractivity contribution in [2.45, 2.75) is 19.5 Å². The summed E-state index contributed by atoms with van der Waals surface area (Å²) in [5, 5.41) is 6.18. The van der Waals surface area contributed by atoms with Gasteiger partial charge in [0.25, 0.3) is 0 Å². The van der Waals surface area contributed by atoms with Gasteiger partial charge >= 0.3 is 6.03 Å². The molecule has 7 heteroatoms. The fourth-order valence-corrected chi connectivity index (χ4v) is 2.84. The number of pyridine rings is 1. The van der Waals surface area contributed by atoms with Crippen molar-refractivity contribution in [3.05, 3.63) is 53.8 Å². The number of hydrogen-bond donors (Lipinski definition) is 2. The molecule has 6 nitrogen and oxygen atoms in total. The average molecular weight is 345 g/mol. The van der Waals surface area contributed by atoms with E-state index in [4.69, 9.17) is 11.6 Å². The van der Waals surface area contributed by atoms with Crippen molar-refractivity contribution in [1.82, 2.24) is 10.3 Å². The lowest BCUT2D eigenvalue weighted by molar-refractivity contribution is -0.120. The van der Waals surface area contributed by atoms with Crippen LogP contribution in [-0.2, 0) is 4.79 Å². The summed E-state index contributed by atoms with van der Waals surface area (Å²) in [6, 6.07) is 10.0. The number of anilines is 2. The second-order valence-electron chi connectivity index (χ2n) is 5.67. The number of carbonyl (C=O) groups excluding carboxylic acids is 2. The normalized spacial score (nSPS) is 20.1. The van der Waals surface area contributed by atoms with Gasteiger partial charge in [-0.2, -0.15) is 0 Å². The molecule has 1 fully saturated rings. The molecule has 2 heterocycles. The third-order valence-corrected chi connectivity index (χ3v) is 4.14. The first-order valence-corrected chi connectivity index (χ1v) is 7.98. The van der Waals surface area contributed by atoms with Crippen LogP contribution in [0.1, 0.15) is 13.3 Å². The van der Waals surface area contributed by atoms with Crippen molar-refractivity contribution in [1.29, 1.82) is 0 Å². The highest BCUT2D eigenvalue weighted by molar-refractivity contribution is 6.30. The molecule has 24 heavy (non-hydrogen) atoms. The Kier molecular flexibility index (Phi) is 4.66. The zero-order chi connectivity index (χ0) is 17.1. The largest absolute Gasteiger partial charge is 0.320 e. The first-order valence-electron chi connectivity index (χ1n) is 7.61. The zero-order valence-electron chi connectivity index (χ0n) is 13.1. The number of amides is 3. The maximum Gasteiger partial charge on any atom is 0.320 e. The Morgan fingerprint density at radius 1 is 1.21 bits per heavy atom. The second kappa shape index (κ2) is 6.88. The van der Waals surface area contributed by atoms with Crippen LogP contribution in [0.5, 0.6) is 0 Å². The molecule has 1 aromatic carbocycles. The Bertz CT molecular complexity index is 736. The predicted molar refractivity (Wildman–Crippen MR) is 92.9 cm³/mol. The number of halogens is 1. The summed E-state index contributed by atoms with van der Waals surface area (Å²) < 4.78 is 0. The topological polar surface area (TPSA) is 74.3 Å². The summed E-state index contributed by atoms with van der Waals surface area (Å²) in [5.74, 6) is -0.182. The van der Waals surface area contributed by atoms with Gasteiger partial charge < -0.3 is 10.6 Å². The minimum atomic E-state index is -0.407. The molecule has 2 atom stereocenters. The van der Waals surface area contributed by atoms with E-state index in [2.05, 4.69) is 15.6 Å². The van der Waals surface area contributed by atoms with Gasteiger partial charge in [-0.25, -0.2) is 4.79 Å². The van der Waals surface area contributed by atoms with Crippen LogP contribution in [0.2, 0.25) is 5.02 Å². The molecule has 1 aromatic heterocycles. The van der Waals surface area contributed by atoms with Gasteiger partial charge in [0, 0.05) is 34.7 Å². The molecule has 124 valence electrons. The summed E-state index contributed by atoms with van der Waals surface area (Å²) in [6.07, 6.45) is 3.33. The molecular weight excluding hydrogens is 328 g/mol. The molecule has 1 aliphatic heterocycles. The highest BCUT2D eigenvalue weighted by Gasteiger charge is 2.38. The first kappa shape index (κ1) is 16.3. The molecule has 0 unspecified atom stereocenters. The number of hydrogen-bond acceptors (Lipinski definition) is 3. The minimum absolute atomic E-state index is 0.0217. The summed E-state index contributed by atoms with van der Waals surface area (Å²) in [7, 11) is 0. The van der Waals surface area contributed by atoms with Crippen molar-refractivity contribution in [3.63, 3.8) is 0 Å². The molecule has 0 radical (unpaired) electrons. The van der Waals surface area contributed by atoms with Crippen molar-refractivity contribution in [2.75, 3.05) is 10.2 Å². The van der Waals surface area contributed by atoms with Crippen LogP contribution in [0.4, 0.5) is 16.2 Å². The van der Waals surface area contributed by atoms with Gasteiger partial charge in [-0.05, 0) is 42.8 Å². The maximum atomic E-state index is 12.5. The molecule has 1 saturated heterocycles. The molecule has 0 bridgehead atoms. The van der Waals surface area contributed by atoms with Crippen LogP contribution in [0.15, 0.2) is 48.8 Å². The van der Waals surface area contributed by atoms with Crippen molar-refractivity contribution < 1.29 is 9.59 Å². The molecule has 1 aliphatic rings. The molecule has 0 saturated carbocycles. The van der Waals surface area contributed by atoms with Crippen molar-refractivity contribution in [2.24, 2.45) is 5.92 Å². The van der Waals surface area contributed by atoms with Gasteiger partial charge in [0.15, 0.2) is 0 Å². The lowest BCUT2D eigenvalue weighted by Crippen LogP contribution is -2.47. The summed E-state index contributed by atoms with van der Waals surface area (Å²) in [4.78, 5) is 30.2. The number of nitrogens with one attached hydrogen (secondary N) is 2. The van der Waals surface area contributed by atoms with E-state index in [0.29, 0.717) is 22.8 Å². The van der Waals surface area contributed by atoms with Crippen LogP contribution in [0.3, 0.4) is 0 Å². The van der Waals surface area contributed by atoms with E-state index in [-0.39, 0.29) is 17.9 Å². The lowest BCUT2D eigenvalue weighted by Gasteiger charge is -2.25. The lowest BCUT2D eigenvalue weighted by atomic mass is 10.1. The molecule has 2 N–H and O–H groups in total. The monoisotopic (exact) mass is 344 g/mol. The van der Waals surface area contributed by atoms with Gasteiger partial charge in [0.05, 0.1) is 0 Å².